The van der Waals surface area contributed by atoms with Gasteiger partial charge in [-0.2, -0.15) is 0 Å². The predicted octanol–water partition coefficient (Wildman–Crippen LogP) is 14.8. The van der Waals surface area contributed by atoms with E-state index in [-0.39, 0.29) is 11.2 Å². The molecule has 0 saturated heterocycles. The van der Waals surface area contributed by atoms with Gasteiger partial charge in [0.2, 0.25) is 0 Å². The fourth-order valence-electron chi connectivity index (χ4n) is 10.3. The molecule has 2 heterocycles. The number of halogens is 1. The Balaban J connectivity index is 1.02. The highest BCUT2D eigenvalue weighted by atomic mass is 19.1. The Morgan fingerprint density at radius 1 is 0.509 bits per heavy atom. The van der Waals surface area contributed by atoms with Crippen LogP contribution in [0.3, 0.4) is 0 Å². The van der Waals surface area contributed by atoms with Gasteiger partial charge in [-0.05, 0) is 131 Å². The molecule has 272 valence electrons. The second-order valence-corrected chi connectivity index (χ2v) is 15.8. The molecule has 0 amide bonds. The van der Waals surface area contributed by atoms with E-state index in [1.54, 1.807) is 0 Å². The highest BCUT2D eigenvalue weighted by molar-refractivity contribution is 6.14. The van der Waals surface area contributed by atoms with E-state index in [1.165, 1.54) is 65.5 Å². The van der Waals surface area contributed by atoms with E-state index in [0.29, 0.717) is 0 Å². The molecule has 1 saturated carbocycles. The lowest BCUT2D eigenvalue weighted by atomic mass is 9.76. The second-order valence-electron chi connectivity index (χ2n) is 15.8. The fourth-order valence-corrected chi connectivity index (χ4v) is 10.3. The third-order valence-electron chi connectivity index (χ3n) is 12.8. The molecule has 0 atom stereocenters. The average Bonchev–Trinajstić information content (AvgIpc) is 4.04. The highest BCUT2D eigenvalue weighted by Gasteiger charge is 2.45. The largest absolute Gasteiger partial charge is 0.456 e. The molecule has 1 spiro atoms. The van der Waals surface area contributed by atoms with Gasteiger partial charge < -0.3 is 13.9 Å². The van der Waals surface area contributed by atoms with Crippen LogP contribution in [0.1, 0.15) is 36.8 Å². The normalized spacial score (nSPS) is 14.3. The first-order valence-electron chi connectivity index (χ1n) is 20.0. The van der Waals surface area contributed by atoms with Gasteiger partial charge in [0.25, 0.3) is 0 Å². The van der Waals surface area contributed by atoms with Crippen LogP contribution in [-0.2, 0) is 5.41 Å². The van der Waals surface area contributed by atoms with E-state index in [1.807, 2.05) is 18.2 Å². The van der Waals surface area contributed by atoms with Gasteiger partial charge in [0.05, 0.1) is 22.1 Å². The number of para-hydroxylation sites is 2. The van der Waals surface area contributed by atoms with Crippen molar-refractivity contribution >= 4 is 60.8 Å². The van der Waals surface area contributed by atoms with E-state index in [4.69, 9.17) is 4.42 Å². The molecule has 57 heavy (non-hydrogen) atoms. The minimum Gasteiger partial charge on any atom is -0.456 e. The summed E-state index contributed by atoms with van der Waals surface area (Å²) in [6, 6.07) is 61.9. The lowest BCUT2D eigenvalue weighted by Crippen LogP contribution is -2.21. The quantitative estimate of drug-likeness (QED) is 0.175. The molecule has 1 fully saturated rings. The van der Waals surface area contributed by atoms with Crippen molar-refractivity contribution in [3.63, 3.8) is 0 Å². The number of aromatic nitrogens is 1. The van der Waals surface area contributed by atoms with Gasteiger partial charge in [-0.25, -0.2) is 4.39 Å². The summed E-state index contributed by atoms with van der Waals surface area (Å²) in [5.41, 5.74) is 16.3. The summed E-state index contributed by atoms with van der Waals surface area (Å²) >= 11 is 0. The number of anilines is 3. The van der Waals surface area contributed by atoms with Crippen LogP contribution in [-0.4, -0.2) is 4.57 Å². The van der Waals surface area contributed by atoms with Gasteiger partial charge >= 0.3 is 0 Å². The van der Waals surface area contributed by atoms with Crippen LogP contribution in [0, 0.1) is 5.82 Å². The Morgan fingerprint density at radius 2 is 1.19 bits per heavy atom. The van der Waals surface area contributed by atoms with Gasteiger partial charge in [-0.3, -0.25) is 0 Å². The minimum absolute atomic E-state index is 0.0598. The van der Waals surface area contributed by atoms with Crippen molar-refractivity contribution in [2.45, 2.75) is 31.1 Å². The Bertz CT molecular complexity index is 3200. The lowest BCUT2D eigenvalue weighted by Gasteiger charge is -2.30. The van der Waals surface area contributed by atoms with Crippen molar-refractivity contribution in [3.8, 4) is 27.9 Å². The summed E-state index contributed by atoms with van der Waals surface area (Å²) in [5, 5.41) is 4.55. The fraction of sp³-hybridized carbons (Fsp3) is 0.0943. The molecule has 2 aromatic heterocycles. The smallest absolute Gasteiger partial charge is 0.137 e. The molecule has 2 aliphatic carbocycles. The van der Waals surface area contributed by atoms with Crippen molar-refractivity contribution in [1.29, 1.82) is 0 Å². The zero-order valence-corrected chi connectivity index (χ0v) is 31.3. The van der Waals surface area contributed by atoms with Crippen molar-refractivity contribution in [3.05, 3.63) is 193 Å². The van der Waals surface area contributed by atoms with Crippen molar-refractivity contribution < 1.29 is 8.81 Å². The van der Waals surface area contributed by atoms with E-state index in [2.05, 4.69) is 155 Å². The number of hydrogen-bond donors (Lipinski definition) is 0. The first-order valence-corrected chi connectivity index (χ1v) is 20.0. The molecule has 8 aromatic carbocycles. The second kappa shape index (κ2) is 12.3. The van der Waals surface area contributed by atoms with Crippen molar-refractivity contribution in [2.75, 3.05) is 4.90 Å². The van der Waals surface area contributed by atoms with Gasteiger partial charge in [0.1, 0.15) is 17.0 Å². The maximum Gasteiger partial charge on any atom is 0.137 e. The molecular weight excluding hydrogens is 700 g/mol. The maximum absolute atomic E-state index is 13.9. The summed E-state index contributed by atoms with van der Waals surface area (Å²) in [6.07, 6.45) is 4.87. The lowest BCUT2D eigenvalue weighted by molar-refractivity contribution is 0.550. The first kappa shape index (κ1) is 32.3. The zero-order chi connectivity index (χ0) is 37.7. The SMILES string of the molecule is Fc1ccc(-n2c3ccccc3c3cc(-c4ccc(N(c5ccc6c(c5)C5(CCCC5)c5ccccc5-6)c5cccc6oc7ccccc7c56)cc4)ccc32)cc1. The molecule has 0 bridgehead atoms. The molecule has 0 N–H and O–H groups in total. The minimum atomic E-state index is -0.238. The third-order valence-corrected chi connectivity index (χ3v) is 12.8. The van der Waals surface area contributed by atoms with Gasteiger partial charge in [0.15, 0.2) is 0 Å². The zero-order valence-electron chi connectivity index (χ0n) is 31.3. The summed E-state index contributed by atoms with van der Waals surface area (Å²) in [7, 11) is 0. The number of benzene rings is 8. The number of rotatable bonds is 5. The molecular formula is C53H37FN2O. The Labute approximate surface area is 329 Å². The summed E-state index contributed by atoms with van der Waals surface area (Å²) < 4.78 is 22.6. The monoisotopic (exact) mass is 736 g/mol. The van der Waals surface area contributed by atoms with E-state index in [9.17, 15) is 4.39 Å². The number of hydrogen-bond acceptors (Lipinski definition) is 2. The van der Waals surface area contributed by atoms with E-state index >= 15 is 0 Å². The third kappa shape index (κ3) is 4.77. The van der Waals surface area contributed by atoms with E-state index < -0.39 is 0 Å². The van der Waals surface area contributed by atoms with Gasteiger partial charge in [0, 0.05) is 38.6 Å². The first-order chi connectivity index (χ1) is 28.1. The molecule has 10 aromatic rings. The Kier molecular flexibility index (Phi) is 6.98. The van der Waals surface area contributed by atoms with Crippen LogP contribution < -0.4 is 4.90 Å². The topological polar surface area (TPSA) is 21.3 Å². The molecule has 12 rings (SSSR count). The van der Waals surface area contributed by atoms with Crippen LogP contribution in [0.15, 0.2) is 180 Å². The molecule has 4 heteroatoms. The molecule has 3 nitrogen and oxygen atoms in total. The Morgan fingerprint density at radius 3 is 2.05 bits per heavy atom. The average molecular weight is 737 g/mol. The van der Waals surface area contributed by atoms with Crippen LogP contribution in [0.2, 0.25) is 0 Å². The van der Waals surface area contributed by atoms with Gasteiger partial charge in [-0.15, -0.1) is 0 Å². The molecule has 0 aliphatic heterocycles. The van der Waals surface area contributed by atoms with Crippen LogP contribution in [0.4, 0.5) is 21.5 Å². The number of fused-ring (bicyclic) bond motifs is 11. The maximum atomic E-state index is 13.9. The summed E-state index contributed by atoms with van der Waals surface area (Å²) in [6.45, 7) is 0. The molecule has 0 radical (unpaired) electrons. The van der Waals surface area contributed by atoms with Gasteiger partial charge in [-0.1, -0.05) is 104 Å². The van der Waals surface area contributed by atoms with Crippen molar-refractivity contribution in [1.82, 2.24) is 4.57 Å². The predicted molar refractivity (Wildman–Crippen MR) is 233 cm³/mol. The summed E-state index contributed by atoms with van der Waals surface area (Å²) in [4.78, 5) is 2.43. The van der Waals surface area contributed by atoms with E-state index in [0.717, 1.165) is 72.2 Å². The van der Waals surface area contributed by atoms with Crippen LogP contribution in [0.25, 0.3) is 71.7 Å². The number of furan rings is 1. The standard InChI is InChI=1S/C53H37FN2O/c54-36-21-25-38(26-22-36)56-47-14-5-2-11-42(47)44-32-35(20-29-48(44)56)34-18-23-37(24-19-34)55(49-15-9-17-51-52(49)43-12-3-6-16-50(43)57-51)39-27-28-41-40-10-1-4-13-45(40)53(46(41)33-39)30-7-8-31-53/h1-6,9-29,32-33H,7-8,30-31H2. The Hall–Kier alpha value is -6.91. The highest BCUT2D eigenvalue weighted by Crippen LogP contribution is 2.58. The van der Waals surface area contributed by atoms with Crippen LogP contribution >= 0.6 is 0 Å². The number of nitrogens with zero attached hydrogens (tertiary/aromatic N) is 2. The molecule has 2 aliphatic rings. The van der Waals surface area contributed by atoms with Crippen molar-refractivity contribution in [2.24, 2.45) is 0 Å². The summed E-state index contributed by atoms with van der Waals surface area (Å²) in [5.74, 6) is -0.238. The van der Waals surface area contributed by atoms with Crippen LogP contribution in [0.5, 0.6) is 0 Å². The molecule has 0 unspecified atom stereocenters.